The van der Waals surface area contributed by atoms with E-state index in [0.29, 0.717) is 23.8 Å². The van der Waals surface area contributed by atoms with Crippen LogP contribution >= 0.6 is 11.6 Å². The standard InChI is InChI=1S/C21H21ClN2O3S/c1-14-5-7-17(11-15(14)2)24-13-20(21(25)23-9-3-4-10-23)28(26,27)19-8-6-16(22)12-18(19)24/h5-8,11-13H,3-4,9-10H2,1-2H3. The molecule has 2 aliphatic heterocycles. The molecule has 0 radical (unpaired) electrons. The second kappa shape index (κ2) is 6.94. The van der Waals surface area contributed by atoms with Crippen LogP contribution in [0.1, 0.15) is 24.0 Å². The summed E-state index contributed by atoms with van der Waals surface area (Å²) in [5.74, 6) is -0.438. The van der Waals surface area contributed by atoms with Crippen LogP contribution in [0.4, 0.5) is 11.4 Å². The average molecular weight is 417 g/mol. The number of hydrogen-bond donors (Lipinski definition) is 0. The zero-order valence-corrected chi connectivity index (χ0v) is 17.3. The van der Waals surface area contributed by atoms with E-state index in [-0.39, 0.29) is 9.80 Å². The number of halogens is 1. The van der Waals surface area contributed by atoms with E-state index in [9.17, 15) is 13.2 Å². The number of amides is 1. The lowest BCUT2D eigenvalue weighted by atomic mass is 10.1. The number of rotatable bonds is 2. The van der Waals surface area contributed by atoms with Crippen molar-refractivity contribution in [2.75, 3.05) is 18.0 Å². The van der Waals surface area contributed by atoms with Gasteiger partial charge in [0, 0.05) is 30.0 Å². The van der Waals surface area contributed by atoms with Crippen molar-refractivity contribution < 1.29 is 13.2 Å². The summed E-state index contributed by atoms with van der Waals surface area (Å²) in [4.78, 5) is 16.3. The lowest BCUT2D eigenvalue weighted by Gasteiger charge is -2.30. The summed E-state index contributed by atoms with van der Waals surface area (Å²) in [5.41, 5.74) is 3.45. The second-order valence-electron chi connectivity index (χ2n) is 7.25. The van der Waals surface area contributed by atoms with E-state index >= 15 is 0 Å². The zero-order valence-electron chi connectivity index (χ0n) is 15.8. The highest BCUT2D eigenvalue weighted by Crippen LogP contribution is 2.41. The monoisotopic (exact) mass is 416 g/mol. The Kier molecular flexibility index (Phi) is 4.71. The number of anilines is 2. The maximum Gasteiger partial charge on any atom is 0.267 e. The highest BCUT2D eigenvalue weighted by atomic mass is 35.5. The summed E-state index contributed by atoms with van der Waals surface area (Å²) in [7, 11) is -3.93. The quantitative estimate of drug-likeness (QED) is 0.730. The molecule has 2 aliphatic rings. The molecular weight excluding hydrogens is 396 g/mol. The third-order valence-electron chi connectivity index (χ3n) is 5.38. The van der Waals surface area contributed by atoms with Gasteiger partial charge in [-0.2, -0.15) is 0 Å². The van der Waals surface area contributed by atoms with E-state index in [4.69, 9.17) is 11.6 Å². The van der Waals surface area contributed by atoms with Crippen molar-refractivity contribution in [2.24, 2.45) is 0 Å². The van der Waals surface area contributed by atoms with E-state index in [2.05, 4.69) is 0 Å². The van der Waals surface area contributed by atoms with E-state index in [1.54, 1.807) is 21.9 Å². The van der Waals surface area contributed by atoms with Crippen LogP contribution in [-0.2, 0) is 14.6 Å². The van der Waals surface area contributed by atoms with Crippen molar-refractivity contribution in [3.05, 3.63) is 63.7 Å². The minimum absolute atomic E-state index is 0.0974. The minimum Gasteiger partial charge on any atom is -0.338 e. The first kappa shape index (κ1) is 19.0. The molecule has 0 saturated carbocycles. The Morgan fingerprint density at radius 3 is 2.39 bits per heavy atom. The number of carbonyl (C=O) groups excluding carboxylic acids is 1. The lowest BCUT2D eigenvalue weighted by molar-refractivity contribution is -0.125. The summed E-state index contributed by atoms with van der Waals surface area (Å²) in [5, 5.41) is 0.436. The molecular formula is C21H21ClN2O3S. The molecule has 0 spiro atoms. The molecule has 0 atom stereocenters. The van der Waals surface area contributed by atoms with Gasteiger partial charge in [-0.1, -0.05) is 17.7 Å². The third kappa shape index (κ3) is 3.10. The van der Waals surface area contributed by atoms with Gasteiger partial charge in [-0.25, -0.2) is 8.42 Å². The normalized spacial score (nSPS) is 18.0. The van der Waals surface area contributed by atoms with Crippen LogP contribution in [-0.4, -0.2) is 32.3 Å². The predicted octanol–water partition coefficient (Wildman–Crippen LogP) is 4.35. The molecule has 2 heterocycles. The summed E-state index contributed by atoms with van der Waals surface area (Å²) in [6, 6.07) is 10.5. The fourth-order valence-corrected chi connectivity index (χ4v) is 5.30. The highest BCUT2D eigenvalue weighted by molar-refractivity contribution is 7.96. The van der Waals surface area contributed by atoms with Crippen LogP contribution in [0.2, 0.25) is 5.02 Å². The van der Waals surface area contributed by atoms with Gasteiger partial charge in [-0.15, -0.1) is 0 Å². The van der Waals surface area contributed by atoms with Gasteiger partial charge in [0.25, 0.3) is 5.91 Å². The van der Waals surface area contributed by atoms with Gasteiger partial charge < -0.3 is 9.80 Å². The molecule has 7 heteroatoms. The van der Waals surface area contributed by atoms with Gasteiger partial charge in [-0.05, 0) is 68.1 Å². The Morgan fingerprint density at radius 2 is 1.71 bits per heavy atom. The second-order valence-corrected chi connectivity index (χ2v) is 9.57. The molecule has 4 rings (SSSR count). The minimum atomic E-state index is -3.93. The van der Waals surface area contributed by atoms with E-state index in [0.717, 1.165) is 29.7 Å². The molecule has 0 aliphatic carbocycles. The SMILES string of the molecule is Cc1ccc(N2C=C(C(=O)N3CCCC3)S(=O)(=O)c3ccc(Cl)cc32)cc1C. The Hall–Kier alpha value is -2.31. The first-order valence-electron chi connectivity index (χ1n) is 9.21. The Bertz CT molecular complexity index is 1100. The Balaban J connectivity index is 1.91. The summed E-state index contributed by atoms with van der Waals surface area (Å²) in [6.45, 7) is 5.19. The maximum absolute atomic E-state index is 13.2. The fourth-order valence-electron chi connectivity index (χ4n) is 3.62. The van der Waals surface area contributed by atoms with Crippen molar-refractivity contribution in [3.8, 4) is 0 Å². The molecule has 0 bridgehead atoms. The van der Waals surface area contributed by atoms with Crippen LogP contribution in [0.3, 0.4) is 0 Å². The van der Waals surface area contributed by atoms with Crippen molar-refractivity contribution in [3.63, 3.8) is 0 Å². The number of fused-ring (bicyclic) bond motifs is 1. The molecule has 2 aromatic rings. The molecule has 1 amide bonds. The van der Waals surface area contributed by atoms with Crippen LogP contribution in [0.5, 0.6) is 0 Å². The van der Waals surface area contributed by atoms with Crippen LogP contribution in [0.25, 0.3) is 0 Å². The van der Waals surface area contributed by atoms with Crippen molar-refractivity contribution >= 4 is 38.7 Å². The van der Waals surface area contributed by atoms with Crippen molar-refractivity contribution in [2.45, 2.75) is 31.6 Å². The van der Waals surface area contributed by atoms with Gasteiger partial charge in [-0.3, -0.25) is 4.79 Å². The summed E-state index contributed by atoms with van der Waals surface area (Å²) in [6.07, 6.45) is 3.23. The predicted molar refractivity (Wildman–Crippen MR) is 111 cm³/mol. The van der Waals surface area contributed by atoms with Gasteiger partial charge in [0.2, 0.25) is 9.84 Å². The third-order valence-corrected chi connectivity index (χ3v) is 7.40. The molecule has 1 saturated heterocycles. The number of sulfone groups is 1. The number of carbonyl (C=O) groups is 1. The van der Waals surface area contributed by atoms with Crippen molar-refractivity contribution in [1.29, 1.82) is 0 Å². The Labute approximate surface area is 170 Å². The summed E-state index contributed by atoms with van der Waals surface area (Å²) >= 11 is 6.16. The van der Waals surface area contributed by atoms with Gasteiger partial charge in [0.1, 0.15) is 0 Å². The molecule has 5 nitrogen and oxygen atoms in total. The maximum atomic E-state index is 13.2. The zero-order chi connectivity index (χ0) is 20.1. The molecule has 0 aromatic heterocycles. The van der Waals surface area contributed by atoms with Crippen LogP contribution in [0.15, 0.2) is 52.4 Å². The molecule has 0 unspecified atom stereocenters. The lowest BCUT2D eigenvalue weighted by Crippen LogP contribution is -2.35. The highest BCUT2D eigenvalue weighted by Gasteiger charge is 2.38. The molecule has 1 fully saturated rings. The first-order valence-corrected chi connectivity index (χ1v) is 11.1. The summed E-state index contributed by atoms with van der Waals surface area (Å²) < 4.78 is 26.5. The first-order chi connectivity index (χ1) is 13.3. The number of likely N-dealkylation sites (tertiary alicyclic amines) is 1. The van der Waals surface area contributed by atoms with Crippen LogP contribution in [0, 0.1) is 13.8 Å². The molecule has 0 N–H and O–H groups in total. The number of nitrogens with zero attached hydrogens (tertiary/aromatic N) is 2. The van der Waals surface area contributed by atoms with E-state index < -0.39 is 15.7 Å². The number of benzene rings is 2. The fraction of sp³-hybridized carbons (Fsp3) is 0.286. The van der Waals surface area contributed by atoms with Gasteiger partial charge >= 0.3 is 0 Å². The van der Waals surface area contributed by atoms with Gasteiger partial charge in [0.15, 0.2) is 4.91 Å². The number of hydrogen-bond acceptors (Lipinski definition) is 4. The molecule has 2 aromatic carbocycles. The van der Waals surface area contributed by atoms with E-state index in [1.165, 1.54) is 12.3 Å². The smallest absolute Gasteiger partial charge is 0.267 e. The topological polar surface area (TPSA) is 57.7 Å². The van der Waals surface area contributed by atoms with Gasteiger partial charge in [0.05, 0.1) is 10.6 Å². The van der Waals surface area contributed by atoms with E-state index in [1.807, 2.05) is 32.0 Å². The van der Waals surface area contributed by atoms with Crippen LogP contribution < -0.4 is 4.90 Å². The van der Waals surface area contributed by atoms with Crippen molar-refractivity contribution in [1.82, 2.24) is 4.90 Å². The largest absolute Gasteiger partial charge is 0.338 e. The number of aryl methyl sites for hydroxylation is 2. The average Bonchev–Trinajstić information content (AvgIpc) is 3.18. The molecule has 146 valence electrons. The Morgan fingerprint density at radius 1 is 1.00 bits per heavy atom. The molecule has 28 heavy (non-hydrogen) atoms.